The molecule has 6 N–H and O–H groups in total. The number of hydrogen-bond acceptors (Lipinski definition) is 27. The Kier molecular flexibility index (Phi) is 40.7. The summed E-state index contributed by atoms with van der Waals surface area (Å²) in [6.45, 7) is 16.7. The van der Waals surface area contributed by atoms with E-state index in [0.29, 0.717) is 87.7 Å². The molecule has 3 amide bonds. The van der Waals surface area contributed by atoms with Crippen molar-refractivity contribution in [2.45, 2.75) is 99.8 Å². The van der Waals surface area contributed by atoms with Crippen LogP contribution in [0.5, 0.6) is 46.0 Å². The van der Waals surface area contributed by atoms with Crippen LogP contribution in [0.2, 0.25) is 0 Å². The Bertz CT molecular complexity index is 4550. The maximum Gasteiger partial charge on any atom is 0.271 e. The number of ether oxygens (including phenoxy) is 6. The van der Waals surface area contributed by atoms with Gasteiger partial charge in [0.25, 0.3) is 28.4 Å². The maximum absolute atomic E-state index is 11.6. The lowest BCUT2D eigenvalue weighted by molar-refractivity contribution is -0.385. The number of aromatic hydroxyl groups is 2. The lowest BCUT2D eigenvalue weighted by atomic mass is 9.98. The van der Waals surface area contributed by atoms with E-state index < -0.39 is 24.6 Å². The SMILES string of the molecule is CCC(=O)Cl.CCC(=O)N(C)c1cc([N+](=O)[O-])ccc1OC.CCC(=O)N(C)c1cc([N+](=O)[O-])ccc1OC.CCC(=O)Nc1cc([N+](=O)[O-])ccc1OC.CCCN(C)c1cc(-n2c(-c3cc(C(C)C)c(O)cc3O)n[nH]c2=S)ccc1OC.CCCN(C)c1cc([N+](=O)[O-])ccc1OC.COc1ccc([N+](=O)[O-])cc1N. The molecule has 0 unspecified atom stereocenters. The van der Waals surface area contributed by atoms with Gasteiger partial charge in [0, 0.05) is 134 Å². The molecule has 7 aromatic carbocycles. The number of carbonyl (C=O) groups excluding carboxylic acids is 4. The largest absolute Gasteiger partial charge is 0.508 e. The Balaban J connectivity index is 0.000000466. The second-order valence-electron chi connectivity index (χ2n) is 23.9. The Morgan fingerprint density at radius 1 is 0.513 bits per heavy atom. The third-order valence-corrected chi connectivity index (χ3v) is 16.5. The highest BCUT2D eigenvalue weighted by Gasteiger charge is 2.24. The zero-order valence-electron chi connectivity index (χ0n) is 66.1. The van der Waals surface area contributed by atoms with Gasteiger partial charge in [-0.05, 0) is 103 Å². The van der Waals surface area contributed by atoms with E-state index in [9.17, 15) is 80.0 Å². The third-order valence-electron chi connectivity index (χ3n) is 15.9. The number of aromatic nitrogens is 3. The van der Waals surface area contributed by atoms with Crippen molar-refractivity contribution in [3.8, 4) is 63.1 Å². The van der Waals surface area contributed by atoms with Gasteiger partial charge in [-0.25, -0.2) is 0 Å². The van der Waals surface area contributed by atoms with E-state index in [4.69, 9.17) is 58.0 Å². The van der Waals surface area contributed by atoms with Crippen LogP contribution in [0.1, 0.15) is 105 Å². The number of methoxy groups -OCH3 is 6. The summed E-state index contributed by atoms with van der Waals surface area (Å²) in [5.74, 6) is 3.16. The minimum atomic E-state index is -0.527. The summed E-state index contributed by atoms with van der Waals surface area (Å²) in [5.41, 5.74) is 10.3. The molecule has 0 bridgehead atoms. The molecule has 0 radical (unpaired) electrons. The van der Waals surface area contributed by atoms with Gasteiger partial charge in [0.05, 0.1) is 113 Å². The van der Waals surface area contributed by atoms with Crippen LogP contribution >= 0.6 is 23.8 Å². The Labute approximate surface area is 663 Å². The summed E-state index contributed by atoms with van der Waals surface area (Å²) in [5, 5.41) is 83.0. The zero-order chi connectivity index (χ0) is 85.7. The van der Waals surface area contributed by atoms with Crippen molar-refractivity contribution >= 4 is 109 Å². The molecule has 0 aliphatic heterocycles. The van der Waals surface area contributed by atoms with Gasteiger partial charge in [-0.1, -0.05) is 55.4 Å². The molecular weight excluding hydrogens is 1520 g/mol. The van der Waals surface area contributed by atoms with Crippen LogP contribution in [0, 0.1) is 55.3 Å². The van der Waals surface area contributed by atoms with Gasteiger partial charge >= 0.3 is 0 Å². The van der Waals surface area contributed by atoms with Gasteiger partial charge in [0.1, 0.15) is 46.0 Å². The lowest BCUT2D eigenvalue weighted by Crippen LogP contribution is -2.25. The molecular formula is C75H97ClN14O22S. The smallest absolute Gasteiger partial charge is 0.271 e. The fraction of sp³-hybridized carbons (Fsp3) is 0.360. The van der Waals surface area contributed by atoms with E-state index in [1.807, 2.05) is 51.0 Å². The number of rotatable bonds is 27. The molecule has 0 aliphatic rings. The highest BCUT2D eigenvalue weighted by atomic mass is 35.5. The fourth-order valence-electron chi connectivity index (χ4n) is 9.90. The number of amides is 3. The number of benzene rings is 7. The maximum atomic E-state index is 11.6. The summed E-state index contributed by atoms with van der Waals surface area (Å²) in [4.78, 5) is 101. The van der Waals surface area contributed by atoms with Crippen molar-refractivity contribution in [3.63, 3.8) is 0 Å². The first-order valence-corrected chi connectivity index (χ1v) is 35.4. The molecule has 612 valence electrons. The van der Waals surface area contributed by atoms with Crippen molar-refractivity contribution in [1.82, 2.24) is 14.8 Å². The average molecular weight is 1610 g/mol. The number of nitrogen functional groups attached to an aromatic ring is 1. The number of phenolic OH excluding ortho intramolecular Hbond substituents is 2. The molecule has 8 rings (SSSR count). The van der Waals surface area contributed by atoms with Crippen LogP contribution in [0.3, 0.4) is 0 Å². The van der Waals surface area contributed by atoms with Crippen LogP contribution in [-0.2, 0) is 19.2 Å². The Morgan fingerprint density at radius 3 is 1.22 bits per heavy atom. The van der Waals surface area contributed by atoms with E-state index in [1.54, 1.807) is 72.7 Å². The predicted molar refractivity (Wildman–Crippen MR) is 435 cm³/mol. The van der Waals surface area contributed by atoms with E-state index in [2.05, 4.69) is 34.3 Å². The van der Waals surface area contributed by atoms with E-state index >= 15 is 0 Å². The first-order valence-electron chi connectivity index (χ1n) is 34.6. The molecule has 36 nitrogen and oxygen atoms in total. The molecule has 0 aliphatic carbocycles. The predicted octanol–water partition coefficient (Wildman–Crippen LogP) is 15.7. The van der Waals surface area contributed by atoms with Gasteiger partial charge in [0.2, 0.25) is 23.0 Å². The second kappa shape index (κ2) is 47.9. The Hall–Kier alpha value is -12.9. The molecule has 113 heavy (non-hydrogen) atoms. The van der Waals surface area contributed by atoms with Crippen molar-refractivity contribution in [2.24, 2.45) is 0 Å². The number of non-ortho nitro benzene ring substituents is 5. The first kappa shape index (κ1) is 96.1. The van der Waals surface area contributed by atoms with Crippen molar-refractivity contribution in [1.29, 1.82) is 0 Å². The summed E-state index contributed by atoms with van der Waals surface area (Å²) >= 11 is 10.3. The zero-order valence-corrected chi connectivity index (χ0v) is 67.7. The molecule has 38 heteroatoms. The van der Waals surface area contributed by atoms with Crippen LogP contribution in [-0.4, -0.2) is 156 Å². The van der Waals surface area contributed by atoms with Crippen molar-refractivity contribution < 1.29 is 82.4 Å². The molecule has 8 aromatic rings. The molecule has 1 heterocycles. The number of nitrogens with zero attached hydrogens (tertiary/aromatic N) is 11. The number of hydrogen-bond donors (Lipinski definition) is 5. The average Bonchev–Trinajstić information content (AvgIpc) is 1.67. The van der Waals surface area contributed by atoms with Gasteiger partial charge in [-0.2, -0.15) is 5.10 Å². The molecule has 0 fully saturated rings. The quantitative estimate of drug-likeness (QED) is 0.0105. The highest BCUT2D eigenvalue weighted by Crippen LogP contribution is 2.40. The first-order chi connectivity index (χ1) is 53.4. The minimum absolute atomic E-state index is 0.0340. The second-order valence-corrected chi connectivity index (χ2v) is 24.7. The Morgan fingerprint density at radius 2 is 0.867 bits per heavy atom. The number of aromatic amines is 1. The molecule has 0 atom stereocenters. The number of phenols is 2. The molecule has 0 saturated carbocycles. The monoisotopic (exact) mass is 1610 g/mol. The summed E-state index contributed by atoms with van der Waals surface area (Å²) in [6.07, 6.45) is 3.35. The summed E-state index contributed by atoms with van der Waals surface area (Å²) in [6, 6.07) is 29.9. The third kappa shape index (κ3) is 28.8. The van der Waals surface area contributed by atoms with Crippen molar-refractivity contribution in [3.05, 3.63) is 182 Å². The standard InChI is InChI=1S/C22H28N4O3S.2C11H14N2O4.C11H16N2O3.C10H12N2O4.C7H8N2O3.C3H5ClO/c1-6-9-25(4)17-10-14(7-8-20(17)29-5)26-21(23-24-22(26)30)16-11-15(13(2)3)18(27)12-19(16)28;2*1-4-11(14)12(2)9-7-8(13(15)16)5-6-10(9)17-3;1-4-7-12(2)10-8-9(13(14)15)5-6-11(10)16-3;1-3-10(13)11-8-6-7(12(14)15)4-5-9(8)16-2;1-12-7-3-2-5(9(10)11)4-6(7)8;1-2-3(4)5/h7-8,10-13,27-28H,6,9H2,1-5H3,(H,24,30);2*5-7H,4H2,1-3H3;5-6,8H,4,7H2,1-3H3;4-6H,3H2,1-2H3,(H,11,13);2-4H,8H2,1H3;2H2,1H3. The van der Waals surface area contributed by atoms with E-state index in [0.717, 1.165) is 54.3 Å². The normalized spacial score (nSPS) is 10.0. The van der Waals surface area contributed by atoms with Gasteiger partial charge in [-0.3, -0.25) is 79.4 Å². The van der Waals surface area contributed by atoms with Crippen LogP contribution in [0.15, 0.2) is 121 Å². The fourth-order valence-corrected chi connectivity index (χ4v) is 10.1. The summed E-state index contributed by atoms with van der Waals surface area (Å²) < 4.78 is 32.9. The number of nitrogens with one attached hydrogen (secondary N) is 2. The molecule has 1 aromatic heterocycles. The van der Waals surface area contributed by atoms with Gasteiger partial charge < -0.3 is 69.3 Å². The van der Waals surface area contributed by atoms with Crippen molar-refractivity contribution in [2.75, 3.05) is 115 Å². The molecule has 0 spiro atoms. The molecule has 0 saturated heterocycles. The number of nitrogens with two attached hydrogens (primary N) is 1. The number of carbonyl (C=O) groups is 4. The van der Waals surface area contributed by atoms with Gasteiger partial charge in [0.15, 0.2) is 10.6 Å². The number of H-pyrrole nitrogens is 1. The lowest BCUT2D eigenvalue weighted by Gasteiger charge is -2.22. The number of nitro groups is 5. The van der Waals surface area contributed by atoms with E-state index in [1.165, 1.54) is 129 Å². The topological polar surface area (TPSA) is 464 Å². The summed E-state index contributed by atoms with van der Waals surface area (Å²) in [7, 11) is 16.0. The van der Waals surface area contributed by atoms with Crippen LogP contribution < -0.4 is 59.1 Å². The number of anilines is 6. The number of halogens is 1. The van der Waals surface area contributed by atoms with E-state index in [-0.39, 0.29) is 74.5 Å². The number of nitro benzene ring substituents is 5. The van der Waals surface area contributed by atoms with Crippen LogP contribution in [0.25, 0.3) is 17.1 Å². The minimum Gasteiger partial charge on any atom is -0.508 e. The van der Waals surface area contributed by atoms with Gasteiger partial charge in [-0.15, -0.1) is 0 Å². The highest BCUT2D eigenvalue weighted by molar-refractivity contribution is 7.71. The van der Waals surface area contributed by atoms with Crippen LogP contribution in [0.4, 0.5) is 62.6 Å².